The smallest absolute Gasteiger partial charge is 0.0771 e. The molecule has 0 aromatic rings. The quantitative estimate of drug-likeness (QED) is 0.794. The average molecular weight is 243 g/mol. The van der Waals surface area contributed by atoms with E-state index in [9.17, 15) is 5.11 Å². The van der Waals surface area contributed by atoms with Crippen molar-refractivity contribution >= 4 is 11.8 Å². The summed E-state index contributed by atoms with van der Waals surface area (Å²) in [6, 6.07) is 0. The molecule has 2 fully saturated rings. The van der Waals surface area contributed by atoms with Crippen LogP contribution in [0.5, 0.6) is 0 Å². The Balaban J connectivity index is 1.64. The van der Waals surface area contributed by atoms with Gasteiger partial charge in [-0.3, -0.25) is 0 Å². The van der Waals surface area contributed by atoms with Gasteiger partial charge in [0.1, 0.15) is 0 Å². The minimum absolute atomic E-state index is 0.405. The molecule has 1 heterocycles. The third-order valence-electron chi connectivity index (χ3n) is 4.12. The number of hydrogen-bond acceptors (Lipinski definition) is 3. The number of nitrogens with one attached hydrogen (secondary N) is 1. The predicted octanol–water partition coefficient (Wildman–Crippen LogP) is 2.27. The lowest BCUT2D eigenvalue weighted by molar-refractivity contribution is -0.00644. The first kappa shape index (κ1) is 12.7. The van der Waals surface area contributed by atoms with Crippen molar-refractivity contribution in [2.24, 2.45) is 11.8 Å². The third-order valence-corrected chi connectivity index (χ3v) is 5.35. The molecular formula is C13H25NOS. The molecular weight excluding hydrogens is 218 g/mol. The molecule has 0 aromatic heterocycles. The fourth-order valence-corrected chi connectivity index (χ4v) is 4.01. The summed E-state index contributed by atoms with van der Waals surface area (Å²) in [4.78, 5) is 0. The van der Waals surface area contributed by atoms with Gasteiger partial charge in [-0.05, 0) is 62.0 Å². The van der Waals surface area contributed by atoms with Gasteiger partial charge in [0.25, 0.3) is 0 Å². The van der Waals surface area contributed by atoms with E-state index in [2.05, 4.69) is 24.0 Å². The minimum Gasteiger partial charge on any atom is -0.389 e. The first-order valence-corrected chi connectivity index (χ1v) is 7.84. The van der Waals surface area contributed by atoms with Gasteiger partial charge in [-0.15, -0.1) is 0 Å². The highest BCUT2D eigenvalue weighted by molar-refractivity contribution is 7.99. The molecule has 0 bridgehead atoms. The maximum atomic E-state index is 10.4. The largest absolute Gasteiger partial charge is 0.389 e. The zero-order valence-electron chi connectivity index (χ0n) is 10.4. The van der Waals surface area contributed by atoms with E-state index in [1.165, 1.54) is 30.8 Å². The molecule has 1 saturated carbocycles. The lowest BCUT2D eigenvalue weighted by atomic mass is 9.79. The molecule has 0 aromatic carbocycles. The molecule has 1 saturated heterocycles. The van der Waals surface area contributed by atoms with Gasteiger partial charge in [0.05, 0.1) is 5.60 Å². The van der Waals surface area contributed by atoms with E-state index in [0.717, 1.165) is 37.8 Å². The van der Waals surface area contributed by atoms with Gasteiger partial charge in [0.2, 0.25) is 0 Å². The summed E-state index contributed by atoms with van der Waals surface area (Å²) >= 11 is 2.07. The molecule has 94 valence electrons. The van der Waals surface area contributed by atoms with Crippen LogP contribution in [0.1, 0.15) is 39.0 Å². The molecule has 2 aliphatic rings. The molecule has 2 nitrogen and oxygen atoms in total. The van der Waals surface area contributed by atoms with Crippen LogP contribution in [-0.2, 0) is 0 Å². The van der Waals surface area contributed by atoms with Crippen LogP contribution in [-0.4, -0.2) is 35.3 Å². The Morgan fingerprint density at radius 2 is 2.06 bits per heavy atom. The molecule has 16 heavy (non-hydrogen) atoms. The van der Waals surface area contributed by atoms with Crippen molar-refractivity contribution in [2.45, 2.75) is 44.6 Å². The summed E-state index contributed by atoms with van der Waals surface area (Å²) in [5, 5.41) is 13.9. The van der Waals surface area contributed by atoms with E-state index in [-0.39, 0.29) is 0 Å². The van der Waals surface area contributed by atoms with Crippen LogP contribution in [0.4, 0.5) is 0 Å². The van der Waals surface area contributed by atoms with E-state index in [1.807, 2.05) is 0 Å². The van der Waals surface area contributed by atoms with E-state index in [0.29, 0.717) is 0 Å². The molecule has 2 N–H and O–H groups in total. The van der Waals surface area contributed by atoms with Crippen molar-refractivity contribution in [1.29, 1.82) is 0 Å². The zero-order valence-corrected chi connectivity index (χ0v) is 11.2. The van der Waals surface area contributed by atoms with Crippen LogP contribution in [0.15, 0.2) is 0 Å². The van der Waals surface area contributed by atoms with Crippen molar-refractivity contribution in [2.75, 3.05) is 24.6 Å². The van der Waals surface area contributed by atoms with Gasteiger partial charge in [0.15, 0.2) is 0 Å². The van der Waals surface area contributed by atoms with Crippen LogP contribution in [0.2, 0.25) is 0 Å². The Morgan fingerprint density at radius 1 is 1.31 bits per heavy atom. The van der Waals surface area contributed by atoms with Crippen LogP contribution < -0.4 is 5.32 Å². The SMILES string of the molecule is CC1CCC(O)(CNCC2CCSC2)CC1. The Morgan fingerprint density at radius 3 is 2.69 bits per heavy atom. The summed E-state index contributed by atoms with van der Waals surface area (Å²) in [5.74, 6) is 4.29. The summed E-state index contributed by atoms with van der Waals surface area (Å²) in [6.45, 7) is 4.20. The Bertz CT molecular complexity index is 208. The van der Waals surface area contributed by atoms with E-state index < -0.39 is 5.60 Å². The zero-order chi connectivity index (χ0) is 11.4. The second kappa shape index (κ2) is 5.74. The molecule has 1 aliphatic carbocycles. The maximum absolute atomic E-state index is 10.4. The monoisotopic (exact) mass is 243 g/mol. The van der Waals surface area contributed by atoms with Gasteiger partial charge < -0.3 is 10.4 Å². The average Bonchev–Trinajstić information content (AvgIpc) is 2.76. The van der Waals surface area contributed by atoms with Crippen LogP contribution in [0, 0.1) is 11.8 Å². The van der Waals surface area contributed by atoms with Gasteiger partial charge in [0, 0.05) is 6.54 Å². The second-order valence-corrected chi connectivity index (χ2v) is 6.92. The highest BCUT2D eigenvalue weighted by atomic mass is 32.2. The molecule has 0 radical (unpaired) electrons. The number of aliphatic hydroxyl groups is 1. The predicted molar refractivity (Wildman–Crippen MR) is 70.9 cm³/mol. The van der Waals surface area contributed by atoms with Gasteiger partial charge in [-0.2, -0.15) is 11.8 Å². The molecule has 2 rings (SSSR count). The van der Waals surface area contributed by atoms with Gasteiger partial charge >= 0.3 is 0 Å². The molecule has 1 aliphatic heterocycles. The summed E-state index contributed by atoms with van der Waals surface area (Å²) in [5.41, 5.74) is -0.405. The van der Waals surface area contributed by atoms with Crippen molar-refractivity contribution in [3.8, 4) is 0 Å². The summed E-state index contributed by atoms with van der Waals surface area (Å²) in [7, 11) is 0. The normalized spacial score (nSPS) is 40.1. The van der Waals surface area contributed by atoms with Crippen molar-refractivity contribution in [1.82, 2.24) is 5.32 Å². The maximum Gasteiger partial charge on any atom is 0.0771 e. The molecule has 0 spiro atoms. The van der Waals surface area contributed by atoms with Crippen molar-refractivity contribution in [3.63, 3.8) is 0 Å². The van der Waals surface area contributed by atoms with Crippen molar-refractivity contribution < 1.29 is 5.11 Å². The first-order valence-electron chi connectivity index (χ1n) is 6.69. The Hall–Kier alpha value is 0.270. The fourth-order valence-electron chi connectivity index (χ4n) is 2.73. The molecule has 1 atom stereocenters. The minimum atomic E-state index is -0.405. The highest BCUT2D eigenvalue weighted by Crippen LogP contribution is 2.31. The topological polar surface area (TPSA) is 32.3 Å². The summed E-state index contributed by atoms with van der Waals surface area (Å²) < 4.78 is 0. The number of hydrogen-bond donors (Lipinski definition) is 2. The van der Waals surface area contributed by atoms with E-state index in [4.69, 9.17) is 0 Å². The highest BCUT2D eigenvalue weighted by Gasteiger charge is 2.31. The van der Waals surface area contributed by atoms with Crippen molar-refractivity contribution in [3.05, 3.63) is 0 Å². The summed E-state index contributed by atoms with van der Waals surface area (Å²) in [6.07, 6.45) is 5.71. The van der Waals surface area contributed by atoms with Crippen LogP contribution >= 0.6 is 11.8 Å². The number of thioether (sulfide) groups is 1. The fraction of sp³-hybridized carbons (Fsp3) is 1.00. The lowest BCUT2D eigenvalue weighted by Crippen LogP contribution is -2.44. The lowest BCUT2D eigenvalue weighted by Gasteiger charge is -2.35. The standard InChI is InChI=1S/C13H25NOS/c1-11-2-5-13(15,6-3-11)10-14-8-12-4-7-16-9-12/h11-12,14-15H,2-10H2,1H3. The van der Waals surface area contributed by atoms with Crippen LogP contribution in [0.25, 0.3) is 0 Å². The molecule has 1 unspecified atom stereocenters. The van der Waals surface area contributed by atoms with E-state index >= 15 is 0 Å². The van der Waals surface area contributed by atoms with Gasteiger partial charge in [-0.25, -0.2) is 0 Å². The van der Waals surface area contributed by atoms with E-state index in [1.54, 1.807) is 0 Å². The first-order chi connectivity index (χ1) is 7.68. The number of rotatable bonds is 4. The molecule has 0 amide bonds. The van der Waals surface area contributed by atoms with Gasteiger partial charge in [-0.1, -0.05) is 6.92 Å². The third kappa shape index (κ3) is 3.64. The second-order valence-electron chi connectivity index (χ2n) is 5.77. The Labute approximate surface area is 104 Å². The Kier molecular flexibility index (Phi) is 4.57. The molecule has 3 heteroatoms. The van der Waals surface area contributed by atoms with Crippen LogP contribution in [0.3, 0.4) is 0 Å².